The number of hydrogen-bond acceptors (Lipinski definition) is 4. The molecule has 0 saturated carbocycles. The van der Waals surface area contributed by atoms with Crippen LogP contribution in [0.5, 0.6) is 0 Å². The molecule has 0 aliphatic carbocycles. The molecule has 0 amide bonds. The number of hydrogen-bond donors (Lipinski definition) is 2. The molecule has 15 heavy (non-hydrogen) atoms. The fourth-order valence-corrected chi connectivity index (χ4v) is 2.76. The summed E-state index contributed by atoms with van der Waals surface area (Å²) in [5.41, 5.74) is 7.54. The van der Waals surface area contributed by atoms with Crippen LogP contribution in [0.2, 0.25) is 5.02 Å². The maximum atomic E-state index is 5.98. The molecule has 1 aromatic carbocycles. The van der Waals surface area contributed by atoms with E-state index in [-0.39, 0.29) is 0 Å². The molecular weight excluding hydrogens is 230 g/mol. The van der Waals surface area contributed by atoms with Gasteiger partial charge in [0.1, 0.15) is 0 Å². The first-order chi connectivity index (χ1) is 7.20. The van der Waals surface area contributed by atoms with Gasteiger partial charge < -0.3 is 11.1 Å². The summed E-state index contributed by atoms with van der Waals surface area (Å²) in [7, 11) is 0. The van der Waals surface area contributed by atoms with Gasteiger partial charge in [-0.2, -0.15) is 0 Å². The van der Waals surface area contributed by atoms with E-state index in [0.717, 1.165) is 32.5 Å². The average Bonchev–Trinajstić information content (AvgIpc) is 2.57. The Balaban J connectivity index is 2.41. The molecule has 3 nitrogen and oxygen atoms in total. The van der Waals surface area contributed by atoms with Gasteiger partial charge >= 0.3 is 0 Å². The van der Waals surface area contributed by atoms with E-state index < -0.39 is 0 Å². The van der Waals surface area contributed by atoms with E-state index in [0.29, 0.717) is 6.54 Å². The molecule has 0 atom stereocenters. The maximum Gasteiger partial charge on any atom is 0.183 e. The van der Waals surface area contributed by atoms with Gasteiger partial charge in [-0.05, 0) is 24.6 Å². The number of aromatic nitrogens is 1. The van der Waals surface area contributed by atoms with Crippen molar-refractivity contribution < 1.29 is 0 Å². The fraction of sp³-hybridized carbons (Fsp3) is 0.300. The lowest BCUT2D eigenvalue weighted by atomic mass is 10.2. The van der Waals surface area contributed by atoms with E-state index in [1.807, 2.05) is 19.1 Å². The molecule has 80 valence electrons. The summed E-state index contributed by atoms with van der Waals surface area (Å²) in [5.74, 6) is 0. The average molecular weight is 242 g/mol. The van der Waals surface area contributed by atoms with Crippen LogP contribution in [-0.2, 0) is 0 Å². The minimum Gasteiger partial charge on any atom is -0.360 e. The van der Waals surface area contributed by atoms with Gasteiger partial charge in [0.15, 0.2) is 5.13 Å². The zero-order valence-electron chi connectivity index (χ0n) is 8.38. The number of nitrogens with one attached hydrogen (secondary N) is 1. The second-order valence-corrected chi connectivity index (χ2v) is 4.77. The third-order valence-corrected chi connectivity index (χ3v) is 3.25. The monoisotopic (exact) mass is 241 g/mol. The molecule has 2 rings (SSSR count). The predicted molar refractivity (Wildman–Crippen MR) is 66.9 cm³/mol. The van der Waals surface area contributed by atoms with Crippen LogP contribution in [0, 0.1) is 6.92 Å². The number of aryl methyl sites for hydroxylation is 1. The first kappa shape index (κ1) is 10.7. The zero-order valence-corrected chi connectivity index (χ0v) is 9.95. The predicted octanol–water partition coefficient (Wildman–Crippen LogP) is 2.63. The molecule has 0 spiro atoms. The van der Waals surface area contributed by atoms with Crippen molar-refractivity contribution in [1.82, 2.24) is 4.98 Å². The number of halogens is 1. The summed E-state index contributed by atoms with van der Waals surface area (Å²) in [4.78, 5) is 4.48. The van der Waals surface area contributed by atoms with Crippen LogP contribution in [0.15, 0.2) is 12.1 Å². The highest BCUT2D eigenvalue weighted by Gasteiger charge is 2.06. The van der Waals surface area contributed by atoms with Gasteiger partial charge in [0.05, 0.1) is 10.2 Å². The normalized spacial score (nSPS) is 10.9. The Morgan fingerprint density at radius 3 is 3.07 bits per heavy atom. The topological polar surface area (TPSA) is 50.9 Å². The van der Waals surface area contributed by atoms with Crippen molar-refractivity contribution in [3.63, 3.8) is 0 Å². The molecule has 0 saturated heterocycles. The maximum absolute atomic E-state index is 5.98. The highest BCUT2D eigenvalue weighted by Crippen LogP contribution is 2.30. The zero-order chi connectivity index (χ0) is 10.8. The van der Waals surface area contributed by atoms with E-state index >= 15 is 0 Å². The van der Waals surface area contributed by atoms with Crippen LogP contribution in [0.25, 0.3) is 10.2 Å². The SMILES string of the molecule is Cc1cc(Cl)cc2sc(NCCN)nc12. The molecule has 3 N–H and O–H groups in total. The van der Waals surface area contributed by atoms with Crippen molar-refractivity contribution >= 4 is 38.3 Å². The Labute approximate surface area is 97.3 Å². The lowest BCUT2D eigenvalue weighted by molar-refractivity contribution is 1.02. The summed E-state index contributed by atoms with van der Waals surface area (Å²) >= 11 is 7.58. The van der Waals surface area contributed by atoms with Gasteiger partial charge in [0, 0.05) is 18.1 Å². The molecule has 2 aromatic rings. The van der Waals surface area contributed by atoms with Gasteiger partial charge in [0.2, 0.25) is 0 Å². The molecule has 0 unspecified atom stereocenters. The largest absolute Gasteiger partial charge is 0.360 e. The van der Waals surface area contributed by atoms with Gasteiger partial charge in [-0.1, -0.05) is 22.9 Å². The van der Waals surface area contributed by atoms with Gasteiger partial charge in [0.25, 0.3) is 0 Å². The van der Waals surface area contributed by atoms with Crippen LogP contribution in [0.1, 0.15) is 5.56 Å². The fourth-order valence-electron chi connectivity index (χ4n) is 1.41. The van der Waals surface area contributed by atoms with Crippen LogP contribution < -0.4 is 11.1 Å². The Hall–Kier alpha value is -0.840. The van der Waals surface area contributed by atoms with E-state index in [4.69, 9.17) is 17.3 Å². The first-order valence-electron chi connectivity index (χ1n) is 4.71. The van der Waals surface area contributed by atoms with Gasteiger partial charge in [-0.25, -0.2) is 4.98 Å². The molecule has 0 bridgehead atoms. The lowest BCUT2D eigenvalue weighted by Crippen LogP contribution is -2.12. The van der Waals surface area contributed by atoms with Crippen molar-refractivity contribution in [2.75, 3.05) is 18.4 Å². The molecule has 1 heterocycles. The highest BCUT2D eigenvalue weighted by atomic mass is 35.5. The van der Waals surface area contributed by atoms with E-state index in [1.54, 1.807) is 11.3 Å². The van der Waals surface area contributed by atoms with Crippen LogP contribution in [-0.4, -0.2) is 18.1 Å². The van der Waals surface area contributed by atoms with Crippen molar-refractivity contribution in [1.29, 1.82) is 0 Å². The Morgan fingerprint density at radius 2 is 2.33 bits per heavy atom. The number of nitrogens with zero attached hydrogens (tertiary/aromatic N) is 1. The van der Waals surface area contributed by atoms with Crippen LogP contribution in [0.4, 0.5) is 5.13 Å². The second-order valence-electron chi connectivity index (χ2n) is 3.30. The number of rotatable bonds is 3. The van der Waals surface area contributed by atoms with Crippen molar-refractivity contribution in [2.45, 2.75) is 6.92 Å². The van der Waals surface area contributed by atoms with Crippen molar-refractivity contribution in [2.24, 2.45) is 5.73 Å². The minimum atomic E-state index is 0.607. The van der Waals surface area contributed by atoms with Gasteiger partial charge in [-0.15, -0.1) is 0 Å². The molecular formula is C10H12ClN3S. The number of fused-ring (bicyclic) bond motifs is 1. The smallest absolute Gasteiger partial charge is 0.183 e. The van der Waals surface area contributed by atoms with Gasteiger partial charge in [-0.3, -0.25) is 0 Å². The first-order valence-corrected chi connectivity index (χ1v) is 5.91. The summed E-state index contributed by atoms with van der Waals surface area (Å²) < 4.78 is 1.11. The summed E-state index contributed by atoms with van der Waals surface area (Å²) in [6.07, 6.45) is 0. The highest BCUT2D eigenvalue weighted by molar-refractivity contribution is 7.22. The third-order valence-electron chi connectivity index (χ3n) is 2.07. The quantitative estimate of drug-likeness (QED) is 0.869. The molecule has 1 aromatic heterocycles. The van der Waals surface area contributed by atoms with E-state index in [9.17, 15) is 0 Å². The molecule has 0 aliphatic heterocycles. The van der Waals surface area contributed by atoms with Crippen LogP contribution >= 0.6 is 22.9 Å². The van der Waals surface area contributed by atoms with Crippen molar-refractivity contribution in [3.05, 3.63) is 22.7 Å². The number of anilines is 1. The molecule has 5 heteroatoms. The number of nitrogens with two attached hydrogens (primary N) is 1. The molecule has 0 radical (unpaired) electrons. The molecule has 0 fully saturated rings. The standard InChI is InChI=1S/C10H12ClN3S/c1-6-4-7(11)5-8-9(6)14-10(15-8)13-3-2-12/h4-5H,2-3,12H2,1H3,(H,13,14). The second kappa shape index (κ2) is 4.35. The number of thiazole rings is 1. The van der Waals surface area contributed by atoms with Crippen molar-refractivity contribution in [3.8, 4) is 0 Å². The lowest BCUT2D eigenvalue weighted by Gasteiger charge is -1.96. The molecule has 0 aliphatic rings. The Kier molecular flexibility index (Phi) is 3.09. The third kappa shape index (κ3) is 2.22. The Morgan fingerprint density at radius 1 is 1.53 bits per heavy atom. The Bertz CT molecular complexity index is 481. The van der Waals surface area contributed by atoms with E-state index in [2.05, 4.69) is 10.3 Å². The van der Waals surface area contributed by atoms with Crippen LogP contribution in [0.3, 0.4) is 0 Å². The van der Waals surface area contributed by atoms with E-state index in [1.165, 1.54) is 0 Å². The summed E-state index contributed by atoms with van der Waals surface area (Å²) in [6.45, 7) is 3.36. The summed E-state index contributed by atoms with van der Waals surface area (Å²) in [5, 5.41) is 4.83. The minimum absolute atomic E-state index is 0.607. The number of benzene rings is 1. The summed E-state index contributed by atoms with van der Waals surface area (Å²) in [6, 6.07) is 3.87.